The third-order valence-electron chi connectivity index (χ3n) is 8.87. The molecule has 5 heteroatoms. The molecule has 0 aromatic heterocycles. The van der Waals surface area contributed by atoms with Crippen molar-refractivity contribution in [3.63, 3.8) is 0 Å². The lowest BCUT2D eigenvalue weighted by Crippen LogP contribution is -2.50. The van der Waals surface area contributed by atoms with Crippen molar-refractivity contribution >= 4 is 5.91 Å². The van der Waals surface area contributed by atoms with Crippen LogP contribution < -0.4 is 5.32 Å². The molecule has 0 saturated carbocycles. The van der Waals surface area contributed by atoms with Gasteiger partial charge in [0.25, 0.3) is 0 Å². The summed E-state index contributed by atoms with van der Waals surface area (Å²) in [5.74, 6) is -0.153. The average Bonchev–Trinajstić information content (AvgIpc) is 3.01. The summed E-state index contributed by atoms with van der Waals surface area (Å²) in [5.41, 5.74) is 0. The van der Waals surface area contributed by atoms with Gasteiger partial charge in [-0.1, -0.05) is 167 Å². The van der Waals surface area contributed by atoms with Gasteiger partial charge in [-0.3, -0.25) is 4.79 Å². The fourth-order valence-electron chi connectivity index (χ4n) is 5.86. The van der Waals surface area contributed by atoms with E-state index in [1.807, 2.05) is 0 Å². The maximum absolute atomic E-state index is 12.3. The largest absolute Gasteiger partial charge is 0.394 e. The standard InChI is InChI=1S/C38H75NO4/c1-3-5-7-9-11-13-15-17-18-19-21-23-25-27-29-31-33-37(42)39-35(34-40)38(43)36(41)32-30-28-26-24-22-20-16-14-12-10-8-6-4-2/h18-19,35-36,38,40-41,43H,3-17,20-34H2,1-2H3,(H,39,42)/b19-18-. The summed E-state index contributed by atoms with van der Waals surface area (Å²) in [5, 5.41) is 33.4. The highest BCUT2D eigenvalue weighted by Crippen LogP contribution is 2.15. The molecule has 0 aliphatic carbocycles. The van der Waals surface area contributed by atoms with E-state index in [-0.39, 0.29) is 12.5 Å². The van der Waals surface area contributed by atoms with Crippen molar-refractivity contribution in [1.82, 2.24) is 5.32 Å². The molecule has 0 heterocycles. The predicted molar refractivity (Wildman–Crippen MR) is 185 cm³/mol. The van der Waals surface area contributed by atoms with E-state index in [9.17, 15) is 20.1 Å². The maximum atomic E-state index is 12.3. The van der Waals surface area contributed by atoms with Crippen molar-refractivity contribution in [2.45, 2.75) is 218 Å². The van der Waals surface area contributed by atoms with E-state index in [0.29, 0.717) is 12.8 Å². The zero-order valence-electron chi connectivity index (χ0n) is 28.8. The smallest absolute Gasteiger partial charge is 0.220 e. The average molecular weight is 610 g/mol. The lowest BCUT2D eigenvalue weighted by Gasteiger charge is -2.26. The van der Waals surface area contributed by atoms with Crippen LogP contribution in [0.5, 0.6) is 0 Å². The van der Waals surface area contributed by atoms with Gasteiger partial charge >= 0.3 is 0 Å². The van der Waals surface area contributed by atoms with Gasteiger partial charge in [0.15, 0.2) is 0 Å². The number of rotatable bonds is 34. The second-order valence-electron chi connectivity index (χ2n) is 13.1. The molecule has 0 fully saturated rings. The molecule has 43 heavy (non-hydrogen) atoms. The number of hydrogen-bond acceptors (Lipinski definition) is 4. The SMILES string of the molecule is CCCCCCCCC/C=C\CCCCCCCC(=O)NC(CO)C(O)C(O)CCCCCCCCCCCCCCC. The van der Waals surface area contributed by atoms with Crippen molar-refractivity contribution < 1.29 is 20.1 Å². The molecular formula is C38H75NO4. The van der Waals surface area contributed by atoms with Crippen molar-refractivity contribution in [1.29, 1.82) is 0 Å². The van der Waals surface area contributed by atoms with Crippen LogP contribution in [0.3, 0.4) is 0 Å². The van der Waals surface area contributed by atoms with E-state index < -0.39 is 18.2 Å². The summed E-state index contributed by atoms with van der Waals surface area (Å²) >= 11 is 0. The van der Waals surface area contributed by atoms with Crippen LogP contribution >= 0.6 is 0 Å². The molecule has 0 aliphatic heterocycles. The Labute approximate surface area is 268 Å². The quantitative estimate of drug-likeness (QED) is 0.0432. The molecule has 3 unspecified atom stereocenters. The molecule has 0 saturated heterocycles. The van der Waals surface area contributed by atoms with Gasteiger partial charge in [0.1, 0.15) is 6.10 Å². The Morgan fingerprint density at radius 2 is 0.930 bits per heavy atom. The van der Waals surface area contributed by atoms with Gasteiger partial charge in [0, 0.05) is 6.42 Å². The van der Waals surface area contributed by atoms with Crippen molar-refractivity contribution in [3.8, 4) is 0 Å². The van der Waals surface area contributed by atoms with E-state index in [4.69, 9.17) is 0 Å². The molecule has 0 aromatic rings. The van der Waals surface area contributed by atoms with E-state index in [2.05, 4.69) is 31.3 Å². The summed E-state index contributed by atoms with van der Waals surface area (Å²) in [6.07, 6.45) is 37.3. The fourth-order valence-corrected chi connectivity index (χ4v) is 5.86. The minimum Gasteiger partial charge on any atom is -0.394 e. The molecule has 0 radical (unpaired) electrons. The second kappa shape index (κ2) is 34.0. The Bertz CT molecular complexity index is 596. The lowest BCUT2D eigenvalue weighted by molar-refractivity contribution is -0.124. The first-order valence-electron chi connectivity index (χ1n) is 19.0. The van der Waals surface area contributed by atoms with Crippen LogP contribution in [0.1, 0.15) is 200 Å². The number of carbonyl (C=O) groups is 1. The van der Waals surface area contributed by atoms with E-state index in [1.165, 1.54) is 128 Å². The Hall–Kier alpha value is -0.910. The second-order valence-corrected chi connectivity index (χ2v) is 13.1. The van der Waals surface area contributed by atoms with Gasteiger partial charge in [-0.15, -0.1) is 0 Å². The number of amides is 1. The molecule has 0 aliphatic rings. The monoisotopic (exact) mass is 610 g/mol. The highest BCUT2D eigenvalue weighted by atomic mass is 16.3. The molecule has 0 spiro atoms. The minimum absolute atomic E-state index is 0.153. The van der Waals surface area contributed by atoms with Crippen LogP contribution in [0.4, 0.5) is 0 Å². The third kappa shape index (κ3) is 29.6. The van der Waals surface area contributed by atoms with Gasteiger partial charge < -0.3 is 20.6 Å². The normalized spacial score (nSPS) is 13.9. The molecule has 0 rings (SSSR count). The Balaban J connectivity index is 3.69. The Kier molecular flexibility index (Phi) is 33.3. The summed E-state index contributed by atoms with van der Waals surface area (Å²) in [6, 6.07) is -0.808. The van der Waals surface area contributed by atoms with Gasteiger partial charge in [-0.25, -0.2) is 0 Å². The fraction of sp³-hybridized carbons (Fsp3) is 0.921. The summed E-state index contributed by atoms with van der Waals surface area (Å²) < 4.78 is 0. The number of nitrogens with one attached hydrogen (secondary N) is 1. The first-order chi connectivity index (χ1) is 21.1. The van der Waals surface area contributed by atoms with Crippen LogP contribution in [0.2, 0.25) is 0 Å². The minimum atomic E-state index is -1.13. The molecule has 3 atom stereocenters. The summed E-state index contributed by atoms with van der Waals surface area (Å²) in [4.78, 5) is 12.3. The first-order valence-corrected chi connectivity index (χ1v) is 19.0. The van der Waals surface area contributed by atoms with Crippen LogP contribution in [0.25, 0.3) is 0 Å². The number of unbranched alkanes of at least 4 members (excludes halogenated alkanes) is 24. The highest BCUT2D eigenvalue weighted by Gasteiger charge is 2.26. The van der Waals surface area contributed by atoms with Crippen LogP contribution in [0, 0.1) is 0 Å². The van der Waals surface area contributed by atoms with Crippen molar-refractivity contribution in [2.24, 2.45) is 0 Å². The van der Waals surface area contributed by atoms with Crippen LogP contribution in [-0.4, -0.2) is 46.1 Å². The lowest BCUT2D eigenvalue weighted by atomic mass is 9.99. The van der Waals surface area contributed by atoms with Crippen molar-refractivity contribution in [3.05, 3.63) is 12.2 Å². The topological polar surface area (TPSA) is 89.8 Å². The number of aliphatic hydroxyl groups excluding tert-OH is 3. The Morgan fingerprint density at radius 1 is 0.558 bits per heavy atom. The third-order valence-corrected chi connectivity index (χ3v) is 8.87. The first kappa shape index (κ1) is 42.1. The molecular weight excluding hydrogens is 534 g/mol. The molecule has 0 bridgehead atoms. The molecule has 256 valence electrons. The molecule has 4 N–H and O–H groups in total. The molecule has 5 nitrogen and oxygen atoms in total. The Morgan fingerprint density at radius 3 is 1.35 bits per heavy atom. The number of carbonyl (C=O) groups excluding carboxylic acids is 1. The molecule has 1 amide bonds. The van der Waals surface area contributed by atoms with Crippen LogP contribution in [-0.2, 0) is 4.79 Å². The van der Waals surface area contributed by atoms with Gasteiger partial charge in [-0.05, 0) is 38.5 Å². The molecule has 0 aromatic carbocycles. The van der Waals surface area contributed by atoms with Crippen LogP contribution in [0.15, 0.2) is 12.2 Å². The van der Waals surface area contributed by atoms with Gasteiger partial charge in [0.2, 0.25) is 5.91 Å². The van der Waals surface area contributed by atoms with E-state index in [0.717, 1.165) is 44.9 Å². The summed E-state index contributed by atoms with van der Waals surface area (Å²) in [6.45, 7) is 4.16. The number of hydrogen-bond donors (Lipinski definition) is 4. The maximum Gasteiger partial charge on any atom is 0.220 e. The zero-order chi connectivity index (χ0) is 31.6. The van der Waals surface area contributed by atoms with Gasteiger partial charge in [0.05, 0.1) is 18.8 Å². The number of aliphatic hydroxyl groups is 3. The highest BCUT2D eigenvalue weighted by molar-refractivity contribution is 5.76. The zero-order valence-corrected chi connectivity index (χ0v) is 28.8. The van der Waals surface area contributed by atoms with E-state index in [1.54, 1.807) is 0 Å². The number of allylic oxidation sites excluding steroid dienone is 2. The van der Waals surface area contributed by atoms with E-state index >= 15 is 0 Å². The summed E-state index contributed by atoms with van der Waals surface area (Å²) in [7, 11) is 0. The predicted octanol–water partition coefficient (Wildman–Crippen LogP) is 10.1. The van der Waals surface area contributed by atoms with Gasteiger partial charge in [-0.2, -0.15) is 0 Å². The van der Waals surface area contributed by atoms with Crippen molar-refractivity contribution in [2.75, 3.05) is 6.61 Å².